The van der Waals surface area contributed by atoms with E-state index in [0.29, 0.717) is 0 Å². The van der Waals surface area contributed by atoms with Crippen LogP contribution in [-0.2, 0) is 18.4 Å². The van der Waals surface area contributed by atoms with Crippen molar-refractivity contribution in [2.24, 2.45) is 0 Å². The summed E-state index contributed by atoms with van der Waals surface area (Å²) in [6.07, 6.45) is -7.54. The molecule has 1 aliphatic heterocycles. The fraction of sp³-hybridized carbons (Fsp3) is 0.556. The van der Waals surface area contributed by atoms with Crippen molar-refractivity contribution in [1.29, 1.82) is 0 Å². The Labute approximate surface area is 251 Å². The molecule has 2 heterocycles. The van der Waals surface area contributed by atoms with Crippen molar-refractivity contribution in [3.63, 3.8) is 0 Å². The fourth-order valence-corrected chi connectivity index (χ4v) is 3.27. The van der Waals surface area contributed by atoms with Gasteiger partial charge in [0.2, 0.25) is 0 Å². The van der Waals surface area contributed by atoms with Gasteiger partial charge in [0, 0.05) is 6.07 Å². The van der Waals surface area contributed by atoms with Crippen LogP contribution >= 0.6 is 15.4 Å². The van der Waals surface area contributed by atoms with Gasteiger partial charge in [-0.25, -0.2) is 4.79 Å². The van der Waals surface area contributed by atoms with E-state index in [1.54, 1.807) is 4.98 Å². The van der Waals surface area contributed by atoms with E-state index in [4.69, 9.17) is 4.74 Å². The molecule has 0 unspecified atom stereocenters. The van der Waals surface area contributed by atoms with Crippen molar-refractivity contribution in [2.45, 2.75) is 24.5 Å². The smallest absolute Gasteiger partial charge is 0.806 e. The average Bonchev–Trinajstić information content (AvgIpc) is 2.71. The number of aromatic nitrogens is 2. The molecule has 0 amide bonds. The van der Waals surface area contributed by atoms with E-state index in [1.165, 1.54) is 0 Å². The van der Waals surface area contributed by atoms with Gasteiger partial charge < -0.3 is 48.2 Å². The number of aliphatic hydroxyl groups excluding tert-OH is 2. The Hall–Kier alpha value is 2.82. The molecule has 1 aliphatic rings. The Morgan fingerprint density at radius 1 is 1.07 bits per heavy atom. The summed E-state index contributed by atoms with van der Waals surface area (Å²) in [5.74, 6) is 0. The van der Waals surface area contributed by atoms with E-state index >= 15 is 0 Å². The molecule has 29 heavy (non-hydrogen) atoms. The Balaban J connectivity index is -0.00000169. The van der Waals surface area contributed by atoms with Gasteiger partial charge in [-0.1, -0.05) is 0 Å². The first-order valence-electron chi connectivity index (χ1n) is 6.38. The van der Waals surface area contributed by atoms with Crippen LogP contribution in [0.5, 0.6) is 0 Å². The number of ether oxygens (including phenoxy) is 1. The monoisotopic (exact) mass is 492 g/mol. The Morgan fingerprint density at radius 2 is 1.59 bits per heavy atom. The number of nitrogens with one attached hydrogen (secondary N) is 1. The summed E-state index contributed by atoms with van der Waals surface area (Å²) in [5.41, 5.74) is -3.97. The van der Waals surface area contributed by atoms with Crippen LogP contribution in [0.25, 0.3) is 0 Å². The summed E-state index contributed by atoms with van der Waals surface area (Å²) < 4.78 is 30.6. The first kappa shape index (κ1) is 36.4. The maximum absolute atomic E-state index is 11.8. The molecule has 0 radical (unpaired) electrons. The predicted octanol–water partition coefficient (Wildman–Crippen LogP) is -18.4. The molecule has 3 N–H and O–H groups in total. The summed E-state index contributed by atoms with van der Waals surface area (Å²) in [5, 5.41) is 19.7. The van der Waals surface area contributed by atoms with Crippen LogP contribution in [0.3, 0.4) is 0 Å². The summed E-state index contributed by atoms with van der Waals surface area (Å²) in [4.78, 5) is 68.1. The second kappa shape index (κ2) is 14.3. The zero-order valence-electron chi connectivity index (χ0n) is 15.9. The van der Waals surface area contributed by atoms with Crippen LogP contribution in [0.1, 0.15) is 6.23 Å². The van der Waals surface area contributed by atoms with Crippen LogP contribution in [0, 0.1) is 0 Å². The third kappa shape index (κ3) is 9.91. The first-order chi connectivity index (χ1) is 11.3. The predicted molar refractivity (Wildman–Crippen MR) is 68.0 cm³/mol. The zero-order valence-corrected chi connectivity index (χ0v) is 25.7. The normalized spacial score (nSPS) is 23.8. The van der Waals surface area contributed by atoms with Gasteiger partial charge in [-0.15, -0.1) is 0 Å². The number of hydrogen-bond acceptors (Lipinski definition) is 12. The van der Waals surface area contributed by atoms with E-state index in [1.807, 2.05) is 0 Å². The van der Waals surface area contributed by atoms with Crippen molar-refractivity contribution in [3.8, 4) is 0 Å². The third-order valence-electron chi connectivity index (χ3n) is 3.23. The van der Waals surface area contributed by atoms with E-state index in [-0.39, 0.29) is 129 Å². The van der Waals surface area contributed by atoms with Gasteiger partial charge in [-0.2, -0.15) is 0 Å². The molecule has 1 fully saturated rings. The molecule has 0 aliphatic carbocycles. The van der Waals surface area contributed by atoms with Crippen molar-refractivity contribution in [2.75, 3.05) is 6.61 Å². The average molecular weight is 492 g/mol. The van der Waals surface area contributed by atoms with Gasteiger partial charge in [0.05, 0.1) is 19.9 Å². The molecule has 1 saturated heterocycles. The topological polar surface area (TPSA) is 240 Å². The summed E-state index contributed by atoms with van der Waals surface area (Å²) >= 11 is 0. The van der Waals surface area contributed by atoms with Crippen LogP contribution in [-0.4, -0.2) is 44.7 Å². The molecule has 14 nitrogen and oxygen atoms in total. The van der Waals surface area contributed by atoms with E-state index in [2.05, 4.69) is 4.52 Å². The summed E-state index contributed by atoms with van der Waals surface area (Å²) in [6, 6.07) is 0.276. The minimum atomic E-state index is -5.68. The van der Waals surface area contributed by atoms with Gasteiger partial charge >= 0.3 is 124 Å². The quantitative estimate of drug-likeness (QED) is 0.256. The van der Waals surface area contributed by atoms with Gasteiger partial charge in [-0.05, 0) is 7.60 Å². The molecular formula is C9H10N2Na4O12P2. The molecule has 0 spiro atoms. The summed E-state index contributed by atoms with van der Waals surface area (Å²) in [6.45, 7) is -1.04. The standard InChI is InChI=1S/C9H14N2O12P2.4Na/c12-4-1-5(24(16,17)18)11(9(15)10-4)8-7(14)6(13)3(23-8)2-22-25(19,20)21;;;;/h1,3,6-8,13-14H,2H2,(H,10,12,15)(H2,16,17,18)(H2,19,20,21);;;;/q;4*+1/p-4/t3-,6-,7-,8-;;;;/m1..../s1. The van der Waals surface area contributed by atoms with Gasteiger partial charge in [-0.3, -0.25) is 14.3 Å². The fourth-order valence-electron chi connectivity index (χ4n) is 2.19. The van der Waals surface area contributed by atoms with Gasteiger partial charge in [0.1, 0.15) is 18.3 Å². The maximum Gasteiger partial charge on any atom is 1.00 e. The molecule has 0 bridgehead atoms. The number of rotatable bonds is 5. The SMILES string of the molecule is O=c1cc(P(=O)([O-])[O-])n([C@@H]2O[C@H](COP(=O)([O-])[O-])[C@@H](O)[C@H]2O)c(=O)[nH]1.[Na+].[Na+].[Na+].[Na+]. The van der Waals surface area contributed by atoms with Crippen molar-refractivity contribution in [3.05, 3.63) is 26.9 Å². The largest absolute Gasteiger partial charge is 1.00 e. The van der Waals surface area contributed by atoms with E-state index in [9.17, 15) is 48.5 Å². The van der Waals surface area contributed by atoms with Crippen molar-refractivity contribution >= 4 is 20.9 Å². The number of hydrogen-bond donors (Lipinski definition) is 3. The molecule has 20 heteroatoms. The molecule has 0 aromatic carbocycles. The van der Waals surface area contributed by atoms with Crippen molar-refractivity contribution in [1.82, 2.24) is 9.55 Å². The number of phosphoric acid groups is 1. The Morgan fingerprint density at radius 3 is 2.03 bits per heavy atom. The Bertz CT molecular complexity index is 868. The van der Waals surface area contributed by atoms with Gasteiger partial charge in [0.25, 0.3) is 5.56 Å². The molecule has 4 atom stereocenters. The van der Waals surface area contributed by atoms with Crippen LogP contribution < -0.4 is 154 Å². The molecule has 1 aromatic rings. The summed E-state index contributed by atoms with van der Waals surface area (Å²) in [7, 11) is -11.1. The number of aromatic amines is 1. The molecule has 0 saturated carbocycles. The second-order valence-corrected chi connectivity index (χ2v) is 7.56. The second-order valence-electron chi connectivity index (χ2n) is 4.95. The maximum atomic E-state index is 11.8. The molecule has 1 aromatic heterocycles. The number of aliphatic hydroxyl groups is 2. The van der Waals surface area contributed by atoms with Gasteiger partial charge in [0.15, 0.2) is 6.23 Å². The number of phosphoric ester groups is 1. The number of H-pyrrole nitrogens is 1. The minimum Gasteiger partial charge on any atom is -0.806 e. The van der Waals surface area contributed by atoms with E-state index in [0.717, 1.165) is 0 Å². The van der Waals surface area contributed by atoms with Crippen LogP contribution in [0.4, 0.5) is 0 Å². The zero-order chi connectivity index (χ0) is 19.2. The number of nitrogens with zero attached hydrogens (tertiary/aromatic N) is 1. The van der Waals surface area contributed by atoms with Crippen LogP contribution in [0.2, 0.25) is 0 Å². The molecule has 142 valence electrons. The third-order valence-corrected chi connectivity index (χ3v) is 4.60. The molecular weight excluding hydrogens is 482 g/mol. The Kier molecular flexibility index (Phi) is 17.9. The van der Waals surface area contributed by atoms with Crippen LogP contribution in [0.15, 0.2) is 15.7 Å². The molecule has 2 rings (SSSR count). The first-order valence-corrected chi connectivity index (χ1v) is 9.38. The minimum absolute atomic E-state index is 0. The van der Waals surface area contributed by atoms with Crippen molar-refractivity contribution < 1.29 is 166 Å². The van der Waals surface area contributed by atoms with E-state index < -0.39 is 63.2 Å².